The van der Waals surface area contributed by atoms with E-state index in [0.717, 1.165) is 44.6 Å². The van der Waals surface area contributed by atoms with Gasteiger partial charge in [-0.15, -0.1) is 11.3 Å². The molecule has 2 aromatic heterocycles. The van der Waals surface area contributed by atoms with Gasteiger partial charge in [0.2, 0.25) is 0 Å². The van der Waals surface area contributed by atoms with E-state index in [4.69, 9.17) is 4.42 Å². The summed E-state index contributed by atoms with van der Waals surface area (Å²) in [6.07, 6.45) is 2.32. The summed E-state index contributed by atoms with van der Waals surface area (Å²) in [7, 11) is 0. The zero-order chi connectivity index (χ0) is 42.0. The first kappa shape index (κ1) is 37.1. The normalized spacial score (nSPS) is 12.1. The van der Waals surface area contributed by atoms with Crippen LogP contribution < -0.4 is 4.90 Å². The van der Waals surface area contributed by atoms with Gasteiger partial charge in [-0.1, -0.05) is 152 Å². The Morgan fingerprint density at radius 1 is 0.460 bits per heavy atom. The number of hydrogen-bond donors (Lipinski definition) is 0. The minimum Gasteiger partial charge on any atom is -0.456 e. The second kappa shape index (κ2) is 15.0. The SMILES string of the molecule is C/C(=C/c1ccc(N(c2ccccc2)c2ccc3c(c2)sc2ccccc23)cc1)c1ccccc1-c1c(C)cc2oc3ccccc3c2c1-c1cc2ccccc2c2ccccc12. The highest BCUT2D eigenvalue weighted by atomic mass is 32.1. The average molecular weight is 824 g/mol. The van der Waals surface area contributed by atoms with Crippen LogP contribution in [-0.4, -0.2) is 0 Å². The first-order valence-electron chi connectivity index (χ1n) is 21.6. The van der Waals surface area contributed by atoms with Crippen molar-refractivity contribution in [3.63, 3.8) is 0 Å². The number of benzene rings is 10. The maximum Gasteiger partial charge on any atom is 0.136 e. The van der Waals surface area contributed by atoms with E-state index in [2.05, 4.69) is 231 Å². The van der Waals surface area contributed by atoms with Crippen molar-refractivity contribution < 1.29 is 4.42 Å². The van der Waals surface area contributed by atoms with Crippen LogP contribution in [0, 0.1) is 6.92 Å². The molecule has 0 aliphatic carbocycles. The van der Waals surface area contributed by atoms with E-state index in [9.17, 15) is 0 Å². The Kier molecular flexibility index (Phi) is 8.84. The van der Waals surface area contributed by atoms with Crippen molar-refractivity contribution in [2.45, 2.75) is 13.8 Å². The van der Waals surface area contributed by atoms with Gasteiger partial charge in [-0.3, -0.25) is 0 Å². The van der Waals surface area contributed by atoms with Crippen LogP contribution in [0.3, 0.4) is 0 Å². The van der Waals surface area contributed by atoms with E-state index >= 15 is 0 Å². The third kappa shape index (κ3) is 6.23. The fraction of sp³-hybridized carbons (Fsp3) is 0.0333. The lowest BCUT2D eigenvalue weighted by Gasteiger charge is -2.25. The standard InChI is InChI=1S/C60H41NOS/c1-38(34-40-28-30-43(31-29-40)61(42-17-4-3-5-18-42)44-32-33-50-49-23-13-15-27-56(49)63-57(50)37-44)45-19-8-11-24-51(45)58-39(2)35-55-59(52-25-12-14-26-54(52)62-55)60(58)53-36-41-16-6-7-20-46(41)47-21-9-10-22-48(47)53/h3-37H,1-2H3/b38-34-. The average Bonchev–Trinajstić information content (AvgIpc) is 3.89. The molecule has 12 rings (SSSR count). The van der Waals surface area contributed by atoms with Crippen molar-refractivity contribution in [3.8, 4) is 22.3 Å². The molecule has 298 valence electrons. The number of aryl methyl sites for hydroxylation is 1. The van der Waals surface area contributed by atoms with E-state index < -0.39 is 0 Å². The molecule has 63 heavy (non-hydrogen) atoms. The predicted octanol–water partition coefficient (Wildman–Crippen LogP) is 17.9. The van der Waals surface area contributed by atoms with E-state index in [1.54, 1.807) is 0 Å². The van der Waals surface area contributed by atoms with Gasteiger partial charge in [0, 0.05) is 53.6 Å². The van der Waals surface area contributed by atoms with E-state index in [0.29, 0.717) is 0 Å². The second-order valence-corrected chi connectivity index (χ2v) is 17.6. The zero-order valence-electron chi connectivity index (χ0n) is 35.0. The maximum atomic E-state index is 6.64. The molecule has 0 saturated heterocycles. The number of rotatable bonds is 7. The van der Waals surface area contributed by atoms with Crippen molar-refractivity contribution >= 4 is 104 Å². The highest BCUT2D eigenvalue weighted by Crippen LogP contribution is 2.49. The second-order valence-electron chi connectivity index (χ2n) is 16.5. The van der Waals surface area contributed by atoms with Gasteiger partial charge >= 0.3 is 0 Å². The summed E-state index contributed by atoms with van der Waals surface area (Å²) in [6.45, 7) is 4.48. The Morgan fingerprint density at radius 2 is 1.10 bits per heavy atom. The summed E-state index contributed by atoms with van der Waals surface area (Å²) in [5, 5.41) is 9.84. The molecule has 2 nitrogen and oxygen atoms in total. The fourth-order valence-corrected chi connectivity index (χ4v) is 11.0. The summed E-state index contributed by atoms with van der Waals surface area (Å²) in [4.78, 5) is 2.36. The van der Waals surface area contributed by atoms with E-state index in [1.165, 1.54) is 80.7 Å². The van der Waals surface area contributed by atoms with Gasteiger partial charge in [0.05, 0.1) is 0 Å². The Hall–Kier alpha value is -7.72. The third-order valence-electron chi connectivity index (χ3n) is 12.7. The highest BCUT2D eigenvalue weighted by Gasteiger charge is 2.24. The molecular formula is C60H41NOS. The lowest BCUT2D eigenvalue weighted by atomic mass is 9.82. The Bertz CT molecular complexity index is 3760. The Balaban J connectivity index is 0.998. The summed E-state index contributed by atoms with van der Waals surface area (Å²) < 4.78 is 9.24. The number of para-hydroxylation sites is 2. The summed E-state index contributed by atoms with van der Waals surface area (Å²) in [5.74, 6) is 0. The number of fused-ring (bicyclic) bond motifs is 9. The van der Waals surface area contributed by atoms with Crippen LogP contribution in [0.1, 0.15) is 23.6 Å². The van der Waals surface area contributed by atoms with Crippen LogP contribution in [0.2, 0.25) is 0 Å². The molecule has 0 fully saturated rings. The molecule has 0 aliphatic heterocycles. The molecule has 3 heteroatoms. The van der Waals surface area contributed by atoms with Crippen molar-refractivity contribution in [2.24, 2.45) is 0 Å². The number of hydrogen-bond acceptors (Lipinski definition) is 3. The lowest BCUT2D eigenvalue weighted by Crippen LogP contribution is -2.09. The topological polar surface area (TPSA) is 16.4 Å². The molecule has 0 radical (unpaired) electrons. The molecule has 0 aliphatic rings. The first-order chi connectivity index (χ1) is 31.1. The molecule has 0 N–H and O–H groups in total. The van der Waals surface area contributed by atoms with Gasteiger partial charge < -0.3 is 9.32 Å². The van der Waals surface area contributed by atoms with Crippen molar-refractivity contribution in [3.05, 3.63) is 223 Å². The van der Waals surface area contributed by atoms with Gasteiger partial charge in [-0.05, 0) is 135 Å². The molecule has 0 unspecified atom stereocenters. The lowest BCUT2D eigenvalue weighted by molar-refractivity contribution is 0.668. The Labute approximate surface area is 370 Å². The highest BCUT2D eigenvalue weighted by molar-refractivity contribution is 7.25. The number of anilines is 3. The maximum absolute atomic E-state index is 6.64. The molecular weight excluding hydrogens is 783 g/mol. The number of nitrogens with zero attached hydrogens (tertiary/aromatic N) is 1. The molecule has 0 bridgehead atoms. The first-order valence-corrected chi connectivity index (χ1v) is 22.4. The van der Waals surface area contributed by atoms with E-state index in [-0.39, 0.29) is 0 Å². The number of allylic oxidation sites excluding steroid dienone is 1. The van der Waals surface area contributed by atoms with Gasteiger partial charge in [-0.2, -0.15) is 0 Å². The summed E-state index contributed by atoms with van der Waals surface area (Å²) >= 11 is 1.85. The fourth-order valence-electron chi connectivity index (χ4n) is 9.86. The van der Waals surface area contributed by atoms with Crippen molar-refractivity contribution in [2.75, 3.05) is 4.90 Å². The third-order valence-corrected chi connectivity index (χ3v) is 13.8. The molecule has 0 amide bonds. The Morgan fingerprint density at radius 3 is 1.94 bits per heavy atom. The van der Waals surface area contributed by atoms with Crippen LogP contribution in [0.15, 0.2) is 211 Å². The van der Waals surface area contributed by atoms with Crippen LogP contribution in [0.25, 0.3) is 97.6 Å². The summed E-state index contributed by atoms with van der Waals surface area (Å²) in [6, 6.07) is 74.8. The van der Waals surface area contributed by atoms with Crippen LogP contribution in [0.5, 0.6) is 0 Å². The molecule has 0 saturated carbocycles. The smallest absolute Gasteiger partial charge is 0.136 e. The number of furan rings is 1. The minimum absolute atomic E-state index is 0.898. The quantitative estimate of drug-likeness (QED) is 0.118. The molecule has 0 spiro atoms. The van der Waals surface area contributed by atoms with Gasteiger partial charge in [0.15, 0.2) is 0 Å². The zero-order valence-corrected chi connectivity index (χ0v) is 35.8. The minimum atomic E-state index is 0.898. The van der Waals surface area contributed by atoms with Crippen LogP contribution >= 0.6 is 11.3 Å². The monoisotopic (exact) mass is 823 g/mol. The van der Waals surface area contributed by atoms with E-state index in [1.807, 2.05) is 11.3 Å². The van der Waals surface area contributed by atoms with Gasteiger partial charge in [-0.25, -0.2) is 0 Å². The largest absolute Gasteiger partial charge is 0.456 e. The molecule has 0 atom stereocenters. The van der Waals surface area contributed by atoms with Gasteiger partial charge in [0.25, 0.3) is 0 Å². The van der Waals surface area contributed by atoms with Gasteiger partial charge in [0.1, 0.15) is 11.2 Å². The molecule has 10 aromatic carbocycles. The molecule has 2 heterocycles. The predicted molar refractivity (Wildman–Crippen MR) is 272 cm³/mol. The van der Waals surface area contributed by atoms with Crippen LogP contribution in [0.4, 0.5) is 17.1 Å². The van der Waals surface area contributed by atoms with Crippen molar-refractivity contribution in [1.29, 1.82) is 0 Å². The summed E-state index contributed by atoms with van der Waals surface area (Å²) in [5.41, 5.74) is 14.7. The van der Waals surface area contributed by atoms with Crippen LogP contribution in [-0.2, 0) is 0 Å². The van der Waals surface area contributed by atoms with Crippen molar-refractivity contribution in [1.82, 2.24) is 0 Å². The molecule has 12 aromatic rings. The number of thiophene rings is 1.